The lowest BCUT2D eigenvalue weighted by atomic mass is 10.1. The van der Waals surface area contributed by atoms with E-state index in [0.717, 1.165) is 5.56 Å². The summed E-state index contributed by atoms with van der Waals surface area (Å²) in [6.07, 6.45) is 0. The average molecular weight is 350 g/mol. The first-order chi connectivity index (χ1) is 11.6. The second-order valence-electron chi connectivity index (χ2n) is 4.64. The van der Waals surface area contributed by atoms with Crippen molar-refractivity contribution in [2.24, 2.45) is 5.73 Å². The molecular weight excluding hydrogens is 332 g/mol. The minimum absolute atomic E-state index is 0.151. The van der Waals surface area contributed by atoms with Crippen LogP contribution in [0.15, 0.2) is 23.6 Å². The maximum Gasteiger partial charge on any atom is 0.245 e. The molecule has 1 aromatic heterocycles. The highest BCUT2D eigenvalue weighted by Crippen LogP contribution is 2.33. The van der Waals surface area contributed by atoms with E-state index in [1.165, 1.54) is 11.3 Å². The average Bonchev–Trinajstić information content (AvgIpc) is 3.07. The van der Waals surface area contributed by atoms with Gasteiger partial charge in [0.15, 0.2) is 16.6 Å². The first kappa shape index (κ1) is 17.7. The lowest BCUT2D eigenvalue weighted by molar-refractivity contribution is -0.123. The van der Waals surface area contributed by atoms with Crippen LogP contribution in [0.2, 0.25) is 0 Å². The molecule has 0 atom stereocenters. The normalized spacial score (nSPS) is 10.1. The number of hydrogen-bond acceptors (Lipinski definition) is 7. The van der Waals surface area contributed by atoms with E-state index >= 15 is 0 Å². The number of carbonyl (C=O) groups is 2. The van der Waals surface area contributed by atoms with Crippen LogP contribution in [0.5, 0.6) is 11.5 Å². The van der Waals surface area contributed by atoms with E-state index in [1.807, 2.05) is 11.4 Å². The second-order valence-corrected chi connectivity index (χ2v) is 5.49. The van der Waals surface area contributed by atoms with Gasteiger partial charge >= 0.3 is 0 Å². The number of amides is 2. The van der Waals surface area contributed by atoms with Gasteiger partial charge < -0.3 is 25.8 Å². The second kappa shape index (κ2) is 8.27. The van der Waals surface area contributed by atoms with Gasteiger partial charge in [-0.2, -0.15) is 0 Å². The van der Waals surface area contributed by atoms with Crippen molar-refractivity contribution in [1.82, 2.24) is 10.3 Å². The number of nitrogens with one attached hydrogen (secondary N) is 2. The molecule has 0 saturated carbocycles. The highest BCUT2D eigenvalue weighted by Gasteiger charge is 2.11. The number of nitrogens with zero attached hydrogens (tertiary/aromatic N) is 1. The molecular formula is C15H18N4O4S. The molecule has 1 heterocycles. The minimum atomic E-state index is -0.393. The number of rotatable bonds is 7. The molecule has 0 spiro atoms. The lowest BCUT2D eigenvalue weighted by Crippen LogP contribution is -2.36. The van der Waals surface area contributed by atoms with Crippen molar-refractivity contribution >= 4 is 28.3 Å². The Kier molecular flexibility index (Phi) is 6.10. The van der Waals surface area contributed by atoms with Crippen LogP contribution in [0, 0.1) is 0 Å². The molecule has 2 amide bonds. The molecule has 8 nitrogen and oxygen atoms in total. The maximum absolute atomic E-state index is 11.7. The number of ether oxygens (including phenoxy) is 2. The number of anilines is 1. The quantitative estimate of drug-likeness (QED) is 0.681. The largest absolute Gasteiger partial charge is 0.493 e. The van der Waals surface area contributed by atoms with Gasteiger partial charge in [0, 0.05) is 10.9 Å². The summed E-state index contributed by atoms with van der Waals surface area (Å²) in [4.78, 5) is 27.1. The highest BCUT2D eigenvalue weighted by molar-refractivity contribution is 7.14. The third kappa shape index (κ3) is 4.43. The molecule has 0 aliphatic rings. The van der Waals surface area contributed by atoms with Crippen LogP contribution in [0.4, 0.5) is 5.13 Å². The van der Waals surface area contributed by atoms with Crippen LogP contribution < -0.4 is 25.8 Å². The third-order valence-electron chi connectivity index (χ3n) is 3.06. The molecule has 0 aliphatic carbocycles. The number of thiazole rings is 1. The molecule has 1 aromatic carbocycles. The minimum Gasteiger partial charge on any atom is -0.493 e. The van der Waals surface area contributed by atoms with Crippen molar-refractivity contribution in [3.63, 3.8) is 0 Å². The van der Waals surface area contributed by atoms with Crippen molar-refractivity contribution in [3.05, 3.63) is 23.6 Å². The van der Waals surface area contributed by atoms with Crippen molar-refractivity contribution in [3.8, 4) is 22.8 Å². The van der Waals surface area contributed by atoms with Gasteiger partial charge in [-0.3, -0.25) is 9.59 Å². The van der Waals surface area contributed by atoms with E-state index in [-0.39, 0.29) is 19.0 Å². The summed E-state index contributed by atoms with van der Waals surface area (Å²) in [6, 6.07) is 5.44. The summed E-state index contributed by atoms with van der Waals surface area (Å²) in [5.41, 5.74) is 6.68. The van der Waals surface area contributed by atoms with E-state index in [2.05, 4.69) is 15.6 Å². The smallest absolute Gasteiger partial charge is 0.245 e. The van der Waals surface area contributed by atoms with Gasteiger partial charge in [-0.25, -0.2) is 4.98 Å². The number of carbonyl (C=O) groups excluding carboxylic acids is 2. The molecule has 0 fully saturated rings. The van der Waals surface area contributed by atoms with Crippen molar-refractivity contribution in [2.75, 3.05) is 32.6 Å². The Morgan fingerprint density at radius 2 is 1.96 bits per heavy atom. The first-order valence-electron chi connectivity index (χ1n) is 7.02. The SMILES string of the molecule is COc1ccc(-c2csc(NC(=O)CNC(=O)CN)n2)cc1OC. The molecule has 2 rings (SSSR count). The van der Waals surface area contributed by atoms with Gasteiger partial charge in [-0.1, -0.05) is 0 Å². The molecule has 2 aromatic rings. The fraction of sp³-hybridized carbons (Fsp3) is 0.267. The molecule has 0 radical (unpaired) electrons. The van der Waals surface area contributed by atoms with E-state index in [4.69, 9.17) is 15.2 Å². The molecule has 24 heavy (non-hydrogen) atoms. The summed E-state index contributed by atoms with van der Waals surface area (Å²) < 4.78 is 10.5. The fourth-order valence-corrected chi connectivity index (χ4v) is 2.61. The van der Waals surface area contributed by atoms with E-state index < -0.39 is 5.91 Å². The van der Waals surface area contributed by atoms with Crippen molar-refractivity contribution in [1.29, 1.82) is 0 Å². The maximum atomic E-state index is 11.7. The Morgan fingerprint density at radius 3 is 2.62 bits per heavy atom. The Labute approximate surface area is 143 Å². The Balaban J connectivity index is 2.05. The Bertz CT molecular complexity index is 732. The molecule has 0 saturated heterocycles. The van der Waals surface area contributed by atoms with Crippen molar-refractivity contribution < 1.29 is 19.1 Å². The zero-order valence-corrected chi connectivity index (χ0v) is 14.1. The van der Waals surface area contributed by atoms with Gasteiger partial charge in [0.2, 0.25) is 11.8 Å². The number of hydrogen-bond donors (Lipinski definition) is 3. The number of aromatic nitrogens is 1. The summed E-state index contributed by atoms with van der Waals surface area (Å²) in [5.74, 6) is 0.457. The Morgan fingerprint density at radius 1 is 1.21 bits per heavy atom. The van der Waals surface area contributed by atoms with Crippen LogP contribution in [-0.4, -0.2) is 44.1 Å². The molecule has 9 heteroatoms. The van der Waals surface area contributed by atoms with Crippen LogP contribution >= 0.6 is 11.3 Å². The number of benzene rings is 1. The topological polar surface area (TPSA) is 116 Å². The monoisotopic (exact) mass is 350 g/mol. The Hall–Kier alpha value is -2.65. The van der Waals surface area contributed by atoms with Crippen LogP contribution in [0.3, 0.4) is 0 Å². The van der Waals surface area contributed by atoms with Gasteiger partial charge in [0.05, 0.1) is 33.0 Å². The zero-order valence-electron chi connectivity index (χ0n) is 13.3. The number of nitrogens with two attached hydrogens (primary N) is 1. The predicted molar refractivity (Wildman–Crippen MR) is 91.3 cm³/mol. The fourth-order valence-electron chi connectivity index (χ4n) is 1.87. The van der Waals surface area contributed by atoms with Gasteiger partial charge in [-0.05, 0) is 18.2 Å². The standard InChI is InChI=1S/C15H18N4O4S/c1-22-11-4-3-9(5-12(11)23-2)10-8-24-15(18-10)19-14(21)7-17-13(20)6-16/h3-5,8H,6-7,16H2,1-2H3,(H,17,20)(H,18,19,21). The van der Waals surface area contributed by atoms with E-state index in [9.17, 15) is 9.59 Å². The first-order valence-corrected chi connectivity index (χ1v) is 7.90. The summed E-state index contributed by atoms with van der Waals surface area (Å²) in [5, 5.41) is 7.26. The van der Waals surface area contributed by atoms with Crippen LogP contribution in [0.1, 0.15) is 0 Å². The molecule has 128 valence electrons. The van der Waals surface area contributed by atoms with E-state index in [1.54, 1.807) is 26.4 Å². The molecule has 4 N–H and O–H groups in total. The van der Waals surface area contributed by atoms with Gasteiger partial charge in [-0.15, -0.1) is 11.3 Å². The van der Waals surface area contributed by atoms with Crippen molar-refractivity contribution in [2.45, 2.75) is 0 Å². The molecule has 0 unspecified atom stereocenters. The molecule has 0 bridgehead atoms. The lowest BCUT2D eigenvalue weighted by Gasteiger charge is -2.08. The summed E-state index contributed by atoms with van der Waals surface area (Å²) in [7, 11) is 3.13. The van der Waals surface area contributed by atoms with Crippen LogP contribution in [0.25, 0.3) is 11.3 Å². The van der Waals surface area contributed by atoms with Crippen LogP contribution in [-0.2, 0) is 9.59 Å². The molecule has 0 aliphatic heterocycles. The van der Waals surface area contributed by atoms with Gasteiger partial charge in [0.25, 0.3) is 0 Å². The third-order valence-corrected chi connectivity index (χ3v) is 3.82. The predicted octanol–water partition coefficient (Wildman–Crippen LogP) is 0.841. The highest BCUT2D eigenvalue weighted by atomic mass is 32.1. The summed E-state index contributed by atoms with van der Waals surface area (Å²) >= 11 is 1.28. The zero-order chi connectivity index (χ0) is 17.5. The van der Waals surface area contributed by atoms with E-state index in [0.29, 0.717) is 22.3 Å². The van der Waals surface area contributed by atoms with Gasteiger partial charge in [0.1, 0.15) is 0 Å². The number of methoxy groups -OCH3 is 2. The summed E-state index contributed by atoms with van der Waals surface area (Å²) in [6.45, 7) is -0.310.